The molecule has 3 aromatic carbocycles. The Hall–Kier alpha value is -5.61. The number of ether oxygens (including phenoxy) is 1. The number of fused-ring (bicyclic) bond motifs is 1. The molecule has 0 saturated carbocycles. The lowest BCUT2D eigenvalue weighted by atomic mass is 10.0. The summed E-state index contributed by atoms with van der Waals surface area (Å²) in [4.78, 5) is 20.4. The van der Waals surface area contributed by atoms with Crippen molar-refractivity contribution in [3.8, 4) is 23.2 Å². The number of nitriles is 1. The van der Waals surface area contributed by atoms with Crippen LogP contribution in [0.15, 0.2) is 72.2 Å². The zero-order valence-electron chi connectivity index (χ0n) is 22.5. The number of aromatic carboxylic acids is 1. The molecule has 1 N–H and O–H groups in total. The van der Waals surface area contributed by atoms with E-state index in [-0.39, 0.29) is 59.0 Å². The number of carboxylic acids is 1. The van der Waals surface area contributed by atoms with Gasteiger partial charge in [0.1, 0.15) is 40.4 Å². The fraction of sp³-hybridized carbons (Fsp3) is 0.0968. The molecule has 3 aromatic heterocycles. The summed E-state index contributed by atoms with van der Waals surface area (Å²) in [5, 5.41) is 26.9. The molecule has 0 radical (unpaired) electrons. The van der Waals surface area contributed by atoms with Crippen molar-refractivity contribution in [3.05, 3.63) is 123 Å². The van der Waals surface area contributed by atoms with Crippen molar-refractivity contribution >= 4 is 28.3 Å². The molecule has 9 nitrogen and oxygen atoms in total. The highest BCUT2D eigenvalue weighted by molar-refractivity contribution is 7.09. The number of rotatable bonds is 9. The van der Waals surface area contributed by atoms with Gasteiger partial charge in [-0.05, 0) is 54.1 Å². The van der Waals surface area contributed by atoms with Gasteiger partial charge < -0.3 is 14.4 Å². The minimum absolute atomic E-state index is 0.0298. The molecule has 0 saturated heterocycles. The molecular formula is C31H19F3N6O3S. The van der Waals surface area contributed by atoms with Crippen LogP contribution in [0.5, 0.6) is 5.88 Å². The molecular weight excluding hydrogens is 593 g/mol. The molecule has 218 valence electrons. The predicted octanol–water partition coefficient (Wildman–Crippen LogP) is 6.16. The normalized spacial score (nSPS) is 11.0. The van der Waals surface area contributed by atoms with Crippen LogP contribution in [0.3, 0.4) is 0 Å². The van der Waals surface area contributed by atoms with Crippen LogP contribution in [0.4, 0.5) is 13.2 Å². The van der Waals surface area contributed by atoms with E-state index >= 15 is 8.78 Å². The Labute approximate surface area is 251 Å². The summed E-state index contributed by atoms with van der Waals surface area (Å²) < 4.78 is 52.5. The van der Waals surface area contributed by atoms with Gasteiger partial charge in [-0.2, -0.15) is 5.26 Å². The highest BCUT2D eigenvalue weighted by Crippen LogP contribution is 2.29. The average Bonchev–Trinajstić information content (AvgIpc) is 3.66. The quantitative estimate of drug-likeness (QED) is 0.206. The van der Waals surface area contributed by atoms with Gasteiger partial charge in [-0.15, -0.1) is 21.5 Å². The Kier molecular flexibility index (Phi) is 7.74. The standard InChI is InChI=1S/C31H19F3N6O3S/c32-22-8-17(13-35)4-5-19(22)15-43-29-3-1-2-25(38-29)21-12-23(33)20(9-24(21)34)11-28-37-26-7-6-18(31(41)42)10-27(26)40(28)14-30-39-36-16-44-30/h1-10,12,16H,11,14-15H2,(H,41,42). The predicted molar refractivity (Wildman–Crippen MR) is 154 cm³/mol. The topological polar surface area (TPSA) is 127 Å². The number of benzene rings is 3. The molecule has 0 aliphatic carbocycles. The largest absolute Gasteiger partial charge is 0.478 e. The van der Waals surface area contributed by atoms with Crippen molar-refractivity contribution in [2.24, 2.45) is 0 Å². The first-order valence-corrected chi connectivity index (χ1v) is 13.9. The maximum atomic E-state index is 15.5. The fourth-order valence-corrected chi connectivity index (χ4v) is 5.15. The number of imidazole rings is 1. The number of carboxylic acid groups (broad SMARTS) is 1. The highest BCUT2D eigenvalue weighted by Gasteiger charge is 2.19. The number of halogens is 3. The zero-order valence-corrected chi connectivity index (χ0v) is 23.4. The smallest absolute Gasteiger partial charge is 0.335 e. The van der Waals surface area contributed by atoms with E-state index in [9.17, 15) is 14.3 Å². The molecule has 6 rings (SSSR count). The molecule has 44 heavy (non-hydrogen) atoms. The zero-order chi connectivity index (χ0) is 30.8. The molecule has 0 aliphatic heterocycles. The van der Waals surface area contributed by atoms with Gasteiger partial charge in [-0.1, -0.05) is 12.1 Å². The lowest BCUT2D eigenvalue weighted by molar-refractivity contribution is 0.0697. The van der Waals surface area contributed by atoms with E-state index < -0.39 is 23.4 Å². The Morgan fingerprint density at radius 2 is 1.82 bits per heavy atom. The van der Waals surface area contributed by atoms with E-state index in [1.807, 2.05) is 6.07 Å². The third-order valence-electron chi connectivity index (χ3n) is 6.81. The van der Waals surface area contributed by atoms with Crippen LogP contribution in [0.25, 0.3) is 22.3 Å². The first kappa shape index (κ1) is 28.5. The van der Waals surface area contributed by atoms with Gasteiger partial charge in [0, 0.05) is 23.6 Å². The van der Waals surface area contributed by atoms with E-state index in [0.29, 0.717) is 21.9 Å². The summed E-state index contributed by atoms with van der Waals surface area (Å²) in [6, 6.07) is 17.0. The Morgan fingerprint density at radius 3 is 2.57 bits per heavy atom. The molecule has 0 fully saturated rings. The van der Waals surface area contributed by atoms with Crippen LogP contribution in [0, 0.1) is 28.8 Å². The summed E-state index contributed by atoms with van der Waals surface area (Å²) in [7, 11) is 0. The van der Waals surface area contributed by atoms with Crippen LogP contribution in [-0.4, -0.2) is 35.8 Å². The molecule has 0 atom stereocenters. The van der Waals surface area contributed by atoms with Crippen LogP contribution in [0.2, 0.25) is 0 Å². The summed E-state index contributed by atoms with van der Waals surface area (Å²) in [6.07, 6.45) is -0.0916. The number of hydrogen-bond donors (Lipinski definition) is 1. The monoisotopic (exact) mass is 612 g/mol. The Morgan fingerprint density at radius 1 is 0.977 bits per heavy atom. The minimum atomic E-state index is -1.11. The van der Waals surface area contributed by atoms with Crippen LogP contribution in [-0.2, 0) is 19.6 Å². The Bertz CT molecular complexity index is 2080. The number of aromatic nitrogens is 5. The summed E-state index contributed by atoms with van der Waals surface area (Å²) in [6.45, 7) is 0.0284. The first-order valence-electron chi connectivity index (χ1n) is 13.0. The first-order chi connectivity index (χ1) is 21.3. The van der Waals surface area contributed by atoms with Gasteiger partial charge in [-0.3, -0.25) is 0 Å². The van der Waals surface area contributed by atoms with Crippen LogP contribution < -0.4 is 4.74 Å². The van der Waals surface area contributed by atoms with E-state index in [0.717, 1.165) is 18.2 Å². The van der Waals surface area contributed by atoms with Gasteiger partial charge in [-0.25, -0.2) is 27.9 Å². The summed E-state index contributed by atoms with van der Waals surface area (Å²) in [5.74, 6) is -2.69. The molecule has 0 bridgehead atoms. The van der Waals surface area contributed by atoms with Crippen molar-refractivity contribution in [3.63, 3.8) is 0 Å². The lowest BCUT2D eigenvalue weighted by Gasteiger charge is -2.11. The number of nitrogens with zero attached hydrogens (tertiary/aromatic N) is 6. The van der Waals surface area contributed by atoms with E-state index in [4.69, 9.17) is 10.00 Å². The average molecular weight is 613 g/mol. The molecule has 0 aliphatic rings. The van der Waals surface area contributed by atoms with Gasteiger partial charge in [0.05, 0.1) is 40.5 Å². The molecule has 0 unspecified atom stereocenters. The third kappa shape index (κ3) is 5.83. The summed E-state index contributed by atoms with van der Waals surface area (Å²) in [5.41, 5.74) is 3.03. The minimum Gasteiger partial charge on any atom is -0.478 e. The van der Waals surface area contributed by atoms with Gasteiger partial charge in [0.15, 0.2) is 0 Å². The van der Waals surface area contributed by atoms with Gasteiger partial charge in [0.25, 0.3) is 0 Å². The molecule has 3 heterocycles. The Balaban J connectivity index is 1.28. The maximum absolute atomic E-state index is 15.5. The number of hydrogen-bond acceptors (Lipinski definition) is 8. The molecule has 6 aromatic rings. The molecule has 0 spiro atoms. The lowest BCUT2D eigenvalue weighted by Crippen LogP contribution is -2.08. The maximum Gasteiger partial charge on any atom is 0.335 e. The number of pyridine rings is 1. The van der Waals surface area contributed by atoms with Crippen molar-refractivity contribution < 1.29 is 27.8 Å². The van der Waals surface area contributed by atoms with Gasteiger partial charge in [0.2, 0.25) is 5.88 Å². The fourth-order valence-electron chi connectivity index (χ4n) is 4.64. The van der Waals surface area contributed by atoms with E-state index in [2.05, 4.69) is 20.2 Å². The highest BCUT2D eigenvalue weighted by atomic mass is 32.1. The van der Waals surface area contributed by atoms with Crippen molar-refractivity contribution in [1.29, 1.82) is 5.26 Å². The van der Waals surface area contributed by atoms with E-state index in [1.54, 1.807) is 22.2 Å². The third-order valence-corrected chi connectivity index (χ3v) is 7.50. The second kappa shape index (κ2) is 11.9. The second-order valence-electron chi connectivity index (χ2n) is 9.62. The second-order valence-corrected chi connectivity index (χ2v) is 10.5. The number of carbonyl (C=O) groups is 1. The SMILES string of the molecule is N#Cc1ccc(COc2cccc(-c3cc(F)c(Cc4nc5ccc(C(=O)O)cc5n4Cc4nncs4)cc3F)n2)c(F)c1. The van der Waals surface area contributed by atoms with Crippen molar-refractivity contribution in [2.45, 2.75) is 19.6 Å². The van der Waals surface area contributed by atoms with E-state index in [1.165, 1.54) is 47.7 Å². The molecule has 0 amide bonds. The van der Waals surface area contributed by atoms with Gasteiger partial charge >= 0.3 is 5.97 Å². The van der Waals surface area contributed by atoms with Crippen LogP contribution in [0.1, 0.15) is 37.9 Å². The van der Waals surface area contributed by atoms with Crippen LogP contribution >= 0.6 is 11.3 Å². The van der Waals surface area contributed by atoms with Crippen molar-refractivity contribution in [2.75, 3.05) is 0 Å². The summed E-state index contributed by atoms with van der Waals surface area (Å²) >= 11 is 1.30. The molecule has 13 heteroatoms. The van der Waals surface area contributed by atoms with Crippen molar-refractivity contribution in [1.82, 2.24) is 24.7 Å².